The monoisotopic (exact) mass is 278 g/mol. The highest BCUT2D eigenvalue weighted by Gasteiger charge is 2.11. The molecule has 0 amide bonds. The minimum Gasteiger partial charge on any atom is -0.486 e. The van der Waals surface area contributed by atoms with E-state index in [-0.39, 0.29) is 17.9 Å². The number of aromatic nitrogens is 1. The van der Waals surface area contributed by atoms with E-state index in [0.717, 1.165) is 10.7 Å². The van der Waals surface area contributed by atoms with Crippen molar-refractivity contribution in [3.8, 4) is 5.75 Å². The number of nitro benzene ring substituents is 1. The van der Waals surface area contributed by atoms with Crippen molar-refractivity contribution in [1.29, 1.82) is 0 Å². The Bertz CT molecular complexity index is 624. The van der Waals surface area contributed by atoms with Crippen LogP contribution in [-0.4, -0.2) is 16.2 Å². The minimum absolute atomic E-state index is 0.139. The summed E-state index contributed by atoms with van der Waals surface area (Å²) in [6, 6.07) is 3.91. The zero-order valence-corrected chi connectivity index (χ0v) is 10.8. The number of hydrogen-bond acceptors (Lipinski definition) is 6. The average Bonchev–Trinajstić information content (AvgIpc) is 2.81. The molecule has 6 nitrogen and oxygen atoms in total. The molecule has 7 heteroatoms. The normalized spacial score (nSPS) is 10.2. The van der Waals surface area contributed by atoms with Gasteiger partial charge in [0.05, 0.1) is 10.5 Å². The lowest BCUT2D eigenvalue weighted by molar-refractivity contribution is -0.384. The second kappa shape index (κ2) is 5.57. The predicted molar refractivity (Wildman–Crippen MR) is 69.7 cm³/mol. The van der Waals surface area contributed by atoms with Gasteiger partial charge in [0.15, 0.2) is 6.29 Å². The highest BCUT2D eigenvalue weighted by Crippen LogP contribution is 2.24. The number of nitro groups is 1. The van der Waals surface area contributed by atoms with Gasteiger partial charge in [0.1, 0.15) is 17.4 Å². The molecule has 0 saturated carbocycles. The Morgan fingerprint density at radius 3 is 2.89 bits per heavy atom. The van der Waals surface area contributed by atoms with Crippen LogP contribution >= 0.6 is 11.3 Å². The summed E-state index contributed by atoms with van der Waals surface area (Å²) in [7, 11) is 0. The third kappa shape index (κ3) is 3.14. The predicted octanol–water partition coefficient (Wildman–Crippen LogP) is 2.75. The molecule has 0 atom stereocenters. The fourth-order valence-corrected chi connectivity index (χ4v) is 2.16. The molecule has 1 aromatic heterocycles. The van der Waals surface area contributed by atoms with E-state index >= 15 is 0 Å². The van der Waals surface area contributed by atoms with E-state index in [9.17, 15) is 14.9 Å². The van der Waals surface area contributed by atoms with Crippen molar-refractivity contribution < 1.29 is 14.5 Å². The Kier molecular flexibility index (Phi) is 3.86. The zero-order chi connectivity index (χ0) is 13.8. The van der Waals surface area contributed by atoms with Crippen LogP contribution in [0.1, 0.15) is 21.1 Å². The fraction of sp³-hybridized carbons (Fsp3) is 0.167. The van der Waals surface area contributed by atoms with Crippen molar-refractivity contribution in [3.05, 3.63) is 50.0 Å². The summed E-state index contributed by atoms with van der Waals surface area (Å²) in [6.45, 7) is 2.11. The van der Waals surface area contributed by atoms with Crippen LogP contribution in [0.2, 0.25) is 0 Å². The summed E-state index contributed by atoms with van der Waals surface area (Å²) >= 11 is 1.46. The summed E-state index contributed by atoms with van der Waals surface area (Å²) in [5.41, 5.74) is 0.921. The number of benzene rings is 1. The lowest BCUT2D eigenvalue weighted by Gasteiger charge is -2.06. The number of thiazole rings is 1. The van der Waals surface area contributed by atoms with Crippen molar-refractivity contribution in [1.82, 2.24) is 4.98 Å². The van der Waals surface area contributed by atoms with E-state index < -0.39 is 4.92 Å². The van der Waals surface area contributed by atoms with Gasteiger partial charge in [-0.25, -0.2) is 4.98 Å². The van der Waals surface area contributed by atoms with Crippen LogP contribution in [0.5, 0.6) is 5.75 Å². The Morgan fingerprint density at radius 1 is 1.53 bits per heavy atom. The summed E-state index contributed by atoms with van der Waals surface area (Å²) in [5, 5.41) is 13.3. The largest absolute Gasteiger partial charge is 0.486 e. The number of aldehydes is 1. The molecular formula is C12H10N2O4S. The van der Waals surface area contributed by atoms with Gasteiger partial charge in [-0.1, -0.05) is 0 Å². The number of carbonyl (C=O) groups excluding carboxylic acids is 1. The zero-order valence-electron chi connectivity index (χ0n) is 10.0. The van der Waals surface area contributed by atoms with E-state index in [1.165, 1.54) is 29.5 Å². The van der Waals surface area contributed by atoms with Crippen LogP contribution in [0.25, 0.3) is 0 Å². The first-order valence-corrected chi connectivity index (χ1v) is 6.25. The van der Waals surface area contributed by atoms with Gasteiger partial charge in [-0.3, -0.25) is 14.9 Å². The third-order valence-electron chi connectivity index (χ3n) is 2.35. The summed E-state index contributed by atoms with van der Waals surface area (Å²) in [4.78, 5) is 25.2. The molecule has 2 rings (SSSR count). The van der Waals surface area contributed by atoms with Gasteiger partial charge in [-0.2, -0.15) is 0 Å². The lowest BCUT2D eigenvalue weighted by Crippen LogP contribution is -1.99. The molecule has 0 aliphatic rings. The SMILES string of the molecule is Cc1csc(COc2ccc([N+](=O)[O-])cc2C=O)n1. The van der Waals surface area contributed by atoms with Crippen LogP contribution < -0.4 is 4.74 Å². The van der Waals surface area contributed by atoms with Crippen LogP contribution in [0.15, 0.2) is 23.6 Å². The van der Waals surface area contributed by atoms with E-state index in [1.807, 2.05) is 12.3 Å². The molecule has 0 spiro atoms. The molecule has 1 heterocycles. The van der Waals surface area contributed by atoms with Crippen LogP contribution in [0, 0.1) is 17.0 Å². The van der Waals surface area contributed by atoms with Gasteiger partial charge < -0.3 is 4.74 Å². The number of aryl methyl sites for hydroxylation is 1. The molecule has 2 aromatic rings. The first-order chi connectivity index (χ1) is 9.10. The average molecular weight is 278 g/mol. The molecule has 98 valence electrons. The Morgan fingerprint density at radius 2 is 2.32 bits per heavy atom. The van der Waals surface area contributed by atoms with Gasteiger partial charge in [0, 0.05) is 23.2 Å². The number of nitrogens with zero attached hydrogens (tertiary/aromatic N) is 2. The number of hydrogen-bond donors (Lipinski definition) is 0. The first kappa shape index (κ1) is 13.2. The van der Waals surface area contributed by atoms with Gasteiger partial charge in [0.25, 0.3) is 5.69 Å². The van der Waals surface area contributed by atoms with Crippen molar-refractivity contribution >= 4 is 23.3 Å². The van der Waals surface area contributed by atoms with Gasteiger partial charge in [0.2, 0.25) is 0 Å². The first-order valence-electron chi connectivity index (χ1n) is 5.37. The molecule has 0 N–H and O–H groups in total. The maximum absolute atomic E-state index is 10.9. The second-order valence-electron chi connectivity index (χ2n) is 3.77. The fourth-order valence-electron chi connectivity index (χ4n) is 1.48. The van der Waals surface area contributed by atoms with Gasteiger partial charge in [-0.05, 0) is 13.0 Å². The molecule has 1 aromatic carbocycles. The molecule has 0 aliphatic carbocycles. The van der Waals surface area contributed by atoms with Crippen molar-refractivity contribution in [2.45, 2.75) is 13.5 Å². The van der Waals surface area contributed by atoms with E-state index in [1.54, 1.807) is 0 Å². The number of carbonyl (C=O) groups is 1. The van der Waals surface area contributed by atoms with E-state index in [0.29, 0.717) is 12.0 Å². The Balaban J connectivity index is 2.15. The third-order valence-corrected chi connectivity index (χ3v) is 3.29. The quantitative estimate of drug-likeness (QED) is 0.477. The van der Waals surface area contributed by atoms with Crippen molar-refractivity contribution in [2.24, 2.45) is 0 Å². The maximum Gasteiger partial charge on any atom is 0.270 e. The molecule has 19 heavy (non-hydrogen) atoms. The van der Waals surface area contributed by atoms with Crippen LogP contribution in [-0.2, 0) is 6.61 Å². The molecular weight excluding hydrogens is 268 g/mol. The standard InChI is InChI=1S/C12H10N2O4S/c1-8-7-19-12(13-8)6-18-11-3-2-10(14(16)17)4-9(11)5-15/h2-5,7H,6H2,1H3. The summed E-state index contributed by atoms with van der Waals surface area (Å²) in [6.07, 6.45) is 0.537. The molecule has 0 saturated heterocycles. The van der Waals surface area contributed by atoms with Crippen LogP contribution in [0.4, 0.5) is 5.69 Å². The number of rotatable bonds is 5. The Labute approximate surface area is 112 Å². The Hall–Kier alpha value is -2.28. The van der Waals surface area contributed by atoms with E-state index in [4.69, 9.17) is 4.74 Å². The molecule has 0 radical (unpaired) electrons. The van der Waals surface area contributed by atoms with E-state index in [2.05, 4.69) is 4.98 Å². The number of ether oxygens (including phenoxy) is 1. The minimum atomic E-state index is -0.555. The highest BCUT2D eigenvalue weighted by molar-refractivity contribution is 7.09. The maximum atomic E-state index is 10.9. The summed E-state index contributed by atoms with van der Waals surface area (Å²) in [5.74, 6) is 0.313. The van der Waals surface area contributed by atoms with Crippen LogP contribution in [0.3, 0.4) is 0 Å². The second-order valence-corrected chi connectivity index (χ2v) is 4.71. The molecule has 0 unspecified atom stereocenters. The molecule has 0 bridgehead atoms. The van der Waals surface area contributed by atoms with Crippen molar-refractivity contribution in [3.63, 3.8) is 0 Å². The highest BCUT2D eigenvalue weighted by atomic mass is 32.1. The molecule has 0 fully saturated rings. The molecule has 0 aliphatic heterocycles. The lowest BCUT2D eigenvalue weighted by atomic mass is 10.2. The topological polar surface area (TPSA) is 82.3 Å². The smallest absolute Gasteiger partial charge is 0.270 e. The summed E-state index contributed by atoms with van der Waals surface area (Å²) < 4.78 is 5.46. The van der Waals surface area contributed by atoms with Crippen molar-refractivity contribution in [2.75, 3.05) is 0 Å². The van der Waals surface area contributed by atoms with Gasteiger partial charge in [-0.15, -0.1) is 11.3 Å². The van der Waals surface area contributed by atoms with Gasteiger partial charge >= 0.3 is 0 Å². The number of non-ortho nitro benzene ring substituents is 1.